The Bertz CT molecular complexity index is 166. The molecule has 0 amide bonds. The Morgan fingerprint density at radius 1 is 1.50 bits per heavy atom. The standard InChI is InChI=1S/C8H15NO3/c1-11-5-3-4-7(9)6-8(10)12-2/h6H,3-5,9H2,1-2H3/b7-6-. The van der Waals surface area contributed by atoms with Crippen LogP contribution in [-0.4, -0.2) is 26.8 Å². The van der Waals surface area contributed by atoms with Crippen LogP contribution in [0.1, 0.15) is 12.8 Å². The van der Waals surface area contributed by atoms with Crippen molar-refractivity contribution in [1.29, 1.82) is 0 Å². The van der Waals surface area contributed by atoms with Crippen molar-refractivity contribution in [2.45, 2.75) is 12.8 Å². The lowest BCUT2D eigenvalue weighted by molar-refractivity contribution is -0.134. The van der Waals surface area contributed by atoms with E-state index in [0.717, 1.165) is 6.42 Å². The molecule has 12 heavy (non-hydrogen) atoms. The molecule has 0 heterocycles. The summed E-state index contributed by atoms with van der Waals surface area (Å²) in [4.78, 5) is 10.6. The predicted molar refractivity (Wildman–Crippen MR) is 45.4 cm³/mol. The minimum Gasteiger partial charge on any atom is -0.466 e. The zero-order valence-corrected chi connectivity index (χ0v) is 7.50. The maximum atomic E-state index is 10.6. The second-order valence-corrected chi connectivity index (χ2v) is 2.34. The van der Waals surface area contributed by atoms with E-state index in [0.29, 0.717) is 18.7 Å². The first-order valence-electron chi connectivity index (χ1n) is 3.73. The molecule has 0 aliphatic heterocycles. The van der Waals surface area contributed by atoms with Crippen molar-refractivity contribution >= 4 is 5.97 Å². The highest BCUT2D eigenvalue weighted by Gasteiger charge is 1.96. The maximum Gasteiger partial charge on any atom is 0.332 e. The van der Waals surface area contributed by atoms with Gasteiger partial charge in [0.05, 0.1) is 7.11 Å². The smallest absolute Gasteiger partial charge is 0.332 e. The summed E-state index contributed by atoms with van der Waals surface area (Å²) in [6.45, 7) is 0.649. The van der Waals surface area contributed by atoms with Crippen LogP contribution >= 0.6 is 0 Å². The molecule has 4 heteroatoms. The van der Waals surface area contributed by atoms with Crippen molar-refractivity contribution in [3.63, 3.8) is 0 Å². The number of methoxy groups -OCH3 is 2. The molecule has 2 N–H and O–H groups in total. The Hall–Kier alpha value is -1.03. The van der Waals surface area contributed by atoms with Crippen molar-refractivity contribution in [2.24, 2.45) is 5.73 Å². The molecule has 0 aliphatic rings. The van der Waals surface area contributed by atoms with Gasteiger partial charge < -0.3 is 15.2 Å². The quantitative estimate of drug-likeness (QED) is 0.372. The number of hydrogen-bond acceptors (Lipinski definition) is 4. The van der Waals surface area contributed by atoms with Crippen LogP contribution in [-0.2, 0) is 14.3 Å². The van der Waals surface area contributed by atoms with Crippen LogP contribution in [0.4, 0.5) is 0 Å². The monoisotopic (exact) mass is 173 g/mol. The van der Waals surface area contributed by atoms with Gasteiger partial charge in [-0.3, -0.25) is 0 Å². The van der Waals surface area contributed by atoms with Gasteiger partial charge >= 0.3 is 5.97 Å². The highest BCUT2D eigenvalue weighted by Crippen LogP contribution is 1.98. The van der Waals surface area contributed by atoms with Gasteiger partial charge in [0.2, 0.25) is 0 Å². The van der Waals surface area contributed by atoms with Gasteiger partial charge in [-0.05, 0) is 12.8 Å². The molecule has 0 fully saturated rings. The number of carbonyl (C=O) groups excluding carboxylic acids is 1. The fourth-order valence-corrected chi connectivity index (χ4v) is 0.703. The lowest BCUT2D eigenvalue weighted by Crippen LogP contribution is -2.04. The molecular formula is C8H15NO3. The van der Waals surface area contributed by atoms with Crippen molar-refractivity contribution in [3.05, 3.63) is 11.8 Å². The average Bonchev–Trinajstić information content (AvgIpc) is 2.05. The number of carbonyl (C=O) groups is 1. The second-order valence-electron chi connectivity index (χ2n) is 2.34. The lowest BCUT2D eigenvalue weighted by Gasteiger charge is -1.99. The van der Waals surface area contributed by atoms with Crippen molar-refractivity contribution in [3.8, 4) is 0 Å². The van der Waals surface area contributed by atoms with Crippen LogP contribution in [0.15, 0.2) is 11.8 Å². The summed E-state index contributed by atoms with van der Waals surface area (Å²) in [6, 6.07) is 0. The van der Waals surface area contributed by atoms with Gasteiger partial charge in [0.25, 0.3) is 0 Å². The number of hydrogen-bond donors (Lipinski definition) is 1. The van der Waals surface area contributed by atoms with E-state index in [1.54, 1.807) is 7.11 Å². The van der Waals surface area contributed by atoms with Crippen molar-refractivity contribution < 1.29 is 14.3 Å². The molecule has 0 spiro atoms. The number of rotatable bonds is 5. The predicted octanol–water partition coefficient (Wildman–Crippen LogP) is 0.429. The summed E-state index contributed by atoms with van der Waals surface area (Å²) in [5.41, 5.74) is 6.02. The normalized spacial score (nSPS) is 11.3. The first-order valence-corrected chi connectivity index (χ1v) is 3.73. The third-order valence-electron chi connectivity index (χ3n) is 1.32. The molecule has 0 unspecified atom stereocenters. The molecule has 0 radical (unpaired) electrons. The highest BCUT2D eigenvalue weighted by atomic mass is 16.5. The minimum atomic E-state index is -0.412. The third-order valence-corrected chi connectivity index (χ3v) is 1.32. The fourth-order valence-electron chi connectivity index (χ4n) is 0.703. The van der Waals surface area contributed by atoms with Gasteiger partial charge in [0.15, 0.2) is 0 Å². The molecule has 4 nitrogen and oxygen atoms in total. The highest BCUT2D eigenvalue weighted by molar-refractivity contribution is 5.82. The number of nitrogens with two attached hydrogens (primary N) is 1. The molecule has 0 atom stereocenters. The molecular weight excluding hydrogens is 158 g/mol. The molecule has 0 saturated carbocycles. The Balaban J connectivity index is 3.62. The summed E-state index contributed by atoms with van der Waals surface area (Å²) in [5, 5.41) is 0. The van der Waals surface area contributed by atoms with E-state index in [1.807, 2.05) is 0 Å². The van der Waals surface area contributed by atoms with Crippen LogP contribution in [0.25, 0.3) is 0 Å². The van der Waals surface area contributed by atoms with Crippen LogP contribution in [0.3, 0.4) is 0 Å². The maximum absolute atomic E-state index is 10.6. The van der Waals surface area contributed by atoms with Gasteiger partial charge in [0.1, 0.15) is 0 Å². The van der Waals surface area contributed by atoms with E-state index in [4.69, 9.17) is 10.5 Å². The second kappa shape index (κ2) is 6.67. The van der Waals surface area contributed by atoms with Crippen molar-refractivity contribution in [1.82, 2.24) is 0 Å². The van der Waals surface area contributed by atoms with E-state index in [1.165, 1.54) is 13.2 Å². The van der Waals surface area contributed by atoms with Crippen LogP contribution in [0.2, 0.25) is 0 Å². The lowest BCUT2D eigenvalue weighted by atomic mass is 10.2. The molecule has 0 aromatic heterocycles. The first kappa shape index (κ1) is 11.0. The summed E-state index contributed by atoms with van der Waals surface area (Å²) < 4.78 is 9.23. The molecule has 0 saturated heterocycles. The van der Waals surface area contributed by atoms with E-state index in [-0.39, 0.29) is 0 Å². The summed E-state index contributed by atoms with van der Waals surface area (Å²) in [7, 11) is 2.95. The third kappa shape index (κ3) is 5.73. The van der Waals surface area contributed by atoms with E-state index < -0.39 is 5.97 Å². The summed E-state index contributed by atoms with van der Waals surface area (Å²) in [6.07, 6.45) is 2.76. The van der Waals surface area contributed by atoms with Gasteiger partial charge in [0, 0.05) is 25.5 Å². The summed E-state index contributed by atoms with van der Waals surface area (Å²) in [5.74, 6) is -0.412. The van der Waals surface area contributed by atoms with Crippen molar-refractivity contribution in [2.75, 3.05) is 20.8 Å². The molecule has 0 bridgehead atoms. The van der Waals surface area contributed by atoms with Crippen LogP contribution in [0, 0.1) is 0 Å². The van der Waals surface area contributed by atoms with Gasteiger partial charge in [-0.1, -0.05) is 0 Å². The van der Waals surface area contributed by atoms with Crippen LogP contribution < -0.4 is 5.73 Å². The SMILES string of the molecule is COCCC/C(N)=C/C(=O)OC. The minimum absolute atomic E-state index is 0.412. The number of esters is 1. The van der Waals surface area contributed by atoms with Gasteiger partial charge in [-0.25, -0.2) is 4.79 Å². The number of ether oxygens (including phenoxy) is 2. The Kier molecular flexibility index (Phi) is 6.09. The Morgan fingerprint density at radius 3 is 2.67 bits per heavy atom. The zero-order valence-electron chi connectivity index (χ0n) is 7.50. The Labute approximate surface area is 72.3 Å². The molecule has 0 aromatic rings. The van der Waals surface area contributed by atoms with Gasteiger partial charge in [-0.15, -0.1) is 0 Å². The fraction of sp³-hybridized carbons (Fsp3) is 0.625. The first-order chi connectivity index (χ1) is 5.70. The zero-order chi connectivity index (χ0) is 9.40. The molecule has 0 aromatic carbocycles. The molecule has 0 aliphatic carbocycles. The van der Waals surface area contributed by atoms with E-state index >= 15 is 0 Å². The topological polar surface area (TPSA) is 61.5 Å². The van der Waals surface area contributed by atoms with Crippen LogP contribution in [0.5, 0.6) is 0 Å². The average molecular weight is 173 g/mol. The van der Waals surface area contributed by atoms with E-state index in [2.05, 4.69) is 4.74 Å². The summed E-state index contributed by atoms with van der Waals surface area (Å²) >= 11 is 0. The molecule has 0 rings (SSSR count). The largest absolute Gasteiger partial charge is 0.466 e. The number of allylic oxidation sites excluding steroid dienone is 1. The van der Waals surface area contributed by atoms with Gasteiger partial charge in [-0.2, -0.15) is 0 Å². The Morgan fingerprint density at radius 2 is 2.17 bits per heavy atom. The molecule has 70 valence electrons. The van der Waals surface area contributed by atoms with E-state index in [9.17, 15) is 4.79 Å².